The van der Waals surface area contributed by atoms with Gasteiger partial charge in [-0.2, -0.15) is 0 Å². The lowest BCUT2D eigenvalue weighted by atomic mass is 9.56. The minimum absolute atomic E-state index is 0.331. The van der Waals surface area contributed by atoms with Crippen LogP contribution in [-0.4, -0.2) is 16.5 Å². The smallest absolute Gasteiger partial charge is 0.335 e. The van der Waals surface area contributed by atoms with Crippen LogP contribution in [0.5, 0.6) is 0 Å². The van der Waals surface area contributed by atoms with E-state index in [-0.39, 0.29) is 0 Å². The van der Waals surface area contributed by atoms with Crippen molar-refractivity contribution in [3.63, 3.8) is 0 Å². The van der Waals surface area contributed by atoms with E-state index in [4.69, 9.17) is 16.7 Å². The van der Waals surface area contributed by atoms with Crippen LogP contribution in [0.3, 0.4) is 0 Å². The zero-order valence-corrected chi connectivity index (χ0v) is 12.3. The number of halogens is 1. The molecule has 4 bridgehead atoms. The highest BCUT2D eigenvalue weighted by molar-refractivity contribution is 6.21. The van der Waals surface area contributed by atoms with Crippen molar-refractivity contribution in [2.45, 2.75) is 37.5 Å². The van der Waals surface area contributed by atoms with E-state index in [1.807, 2.05) is 0 Å². The third kappa shape index (κ3) is 2.85. The number of carbonyl (C=O) groups is 1. The van der Waals surface area contributed by atoms with Crippen LogP contribution in [0.15, 0.2) is 30.3 Å². The van der Waals surface area contributed by atoms with E-state index in [9.17, 15) is 4.79 Å². The van der Waals surface area contributed by atoms with Crippen molar-refractivity contribution in [1.29, 1.82) is 0 Å². The third-order valence-electron chi connectivity index (χ3n) is 5.13. The summed E-state index contributed by atoms with van der Waals surface area (Å²) in [5.74, 6) is 3.09. The quantitative estimate of drug-likeness (QED) is 0.777. The van der Waals surface area contributed by atoms with Crippen molar-refractivity contribution in [3.8, 4) is 0 Å². The lowest BCUT2D eigenvalue weighted by Crippen LogP contribution is -2.45. The Balaban J connectivity index is 0.000000124. The maximum atomic E-state index is 10.2. The van der Waals surface area contributed by atoms with E-state index < -0.39 is 5.97 Å². The molecule has 1 N–H and O–H groups in total. The molecule has 0 aromatic heterocycles. The zero-order valence-electron chi connectivity index (χ0n) is 11.5. The van der Waals surface area contributed by atoms with Crippen molar-refractivity contribution in [1.82, 2.24) is 0 Å². The molecule has 1 aromatic rings. The number of carboxylic acid groups (broad SMARTS) is 1. The fraction of sp³-hybridized carbons (Fsp3) is 0.588. The first kappa shape index (κ1) is 13.9. The van der Waals surface area contributed by atoms with Crippen LogP contribution in [0.4, 0.5) is 0 Å². The van der Waals surface area contributed by atoms with Crippen LogP contribution in [-0.2, 0) is 0 Å². The summed E-state index contributed by atoms with van der Waals surface area (Å²) in [7, 11) is 0. The van der Waals surface area contributed by atoms with Gasteiger partial charge in [0.2, 0.25) is 0 Å². The number of hydrogen-bond acceptors (Lipinski definition) is 1. The summed E-state index contributed by atoms with van der Waals surface area (Å²) in [5, 5.41) is 8.94. The van der Waals surface area contributed by atoms with Gasteiger partial charge in [-0.05, 0) is 67.9 Å². The molecule has 1 aromatic carbocycles. The monoisotopic (exact) mass is 292 g/mol. The van der Waals surface area contributed by atoms with Gasteiger partial charge in [0.15, 0.2) is 0 Å². The van der Waals surface area contributed by atoms with Gasteiger partial charge >= 0.3 is 5.97 Å². The topological polar surface area (TPSA) is 37.3 Å². The Kier molecular flexibility index (Phi) is 4.02. The molecule has 5 rings (SSSR count). The summed E-state index contributed by atoms with van der Waals surface area (Å²) in [6, 6.07) is 8.30. The van der Waals surface area contributed by atoms with Crippen molar-refractivity contribution < 1.29 is 9.90 Å². The van der Waals surface area contributed by atoms with Gasteiger partial charge in [0, 0.05) is 5.38 Å². The first-order chi connectivity index (χ1) is 9.63. The summed E-state index contributed by atoms with van der Waals surface area (Å²) in [5.41, 5.74) is 0.331. The average molecular weight is 293 g/mol. The first-order valence-corrected chi connectivity index (χ1v) is 7.99. The highest BCUT2D eigenvalue weighted by Gasteiger charge is 2.47. The second-order valence-corrected chi connectivity index (χ2v) is 7.05. The van der Waals surface area contributed by atoms with Gasteiger partial charge in [-0.1, -0.05) is 18.2 Å². The largest absolute Gasteiger partial charge is 0.478 e. The Labute approximate surface area is 125 Å². The molecule has 0 amide bonds. The molecular formula is C17H21ClO2. The van der Waals surface area contributed by atoms with E-state index in [0.717, 1.165) is 23.7 Å². The molecule has 4 fully saturated rings. The van der Waals surface area contributed by atoms with Crippen LogP contribution in [0.2, 0.25) is 0 Å². The van der Waals surface area contributed by atoms with Crippen LogP contribution >= 0.6 is 11.6 Å². The van der Waals surface area contributed by atoms with Gasteiger partial charge in [-0.15, -0.1) is 11.6 Å². The first-order valence-electron chi connectivity index (χ1n) is 7.56. The Hall–Kier alpha value is -1.02. The summed E-state index contributed by atoms with van der Waals surface area (Å²) in [6.45, 7) is 0. The predicted octanol–water partition coefficient (Wildman–Crippen LogP) is 4.43. The number of carboxylic acids is 1. The highest BCUT2D eigenvalue weighted by atomic mass is 35.5. The molecule has 0 heterocycles. The van der Waals surface area contributed by atoms with Gasteiger partial charge in [-0.3, -0.25) is 0 Å². The number of benzene rings is 1. The molecule has 20 heavy (non-hydrogen) atoms. The minimum Gasteiger partial charge on any atom is -0.478 e. The molecule has 108 valence electrons. The number of rotatable bonds is 1. The minimum atomic E-state index is -0.879. The van der Waals surface area contributed by atoms with Crippen molar-refractivity contribution in [2.75, 3.05) is 0 Å². The van der Waals surface area contributed by atoms with E-state index in [2.05, 4.69) is 0 Å². The summed E-state index contributed by atoms with van der Waals surface area (Å²) >= 11 is 6.37. The van der Waals surface area contributed by atoms with E-state index in [0.29, 0.717) is 10.9 Å². The van der Waals surface area contributed by atoms with E-state index in [1.54, 1.807) is 30.3 Å². The van der Waals surface area contributed by atoms with Crippen molar-refractivity contribution in [3.05, 3.63) is 35.9 Å². The molecule has 2 nitrogen and oxygen atoms in total. The lowest BCUT2D eigenvalue weighted by Gasteiger charge is -2.52. The third-order valence-corrected chi connectivity index (χ3v) is 5.85. The summed E-state index contributed by atoms with van der Waals surface area (Å²) < 4.78 is 0. The van der Waals surface area contributed by atoms with Gasteiger partial charge < -0.3 is 5.11 Å². The van der Waals surface area contributed by atoms with Gasteiger partial charge in [0.1, 0.15) is 0 Å². The van der Waals surface area contributed by atoms with E-state index in [1.165, 1.54) is 32.1 Å². The lowest BCUT2D eigenvalue weighted by molar-refractivity contribution is 0.0243. The fourth-order valence-electron chi connectivity index (χ4n) is 4.44. The van der Waals surface area contributed by atoms with Crippen LogP contribution in [0.1, 0.15) is 42.5 Å². The maximum absolute atomic E-state index is 10.2. The molecule has 4 saturated carbocycles. The van der Waals surface area contributed by atoms with Crippen molar-refractivity contribution in [2.24, 2.45) is 23.7 Å². The molecular weight excluding hydrogens is 272 g/mol. The fourth-order valence-corrected chi connectivity index (χ4v) is 4.85. The Morgan fingerprint density at radius 3 is 1.85 bits per heavy atom. The van der Waals surface area contributed by atoms with Crippen LogP contribution < -0.4 is 0 Å². The average Bonchev–Trinajstić information content (AvgIpc) is 2.45. The molecule has 0 unspecified atom stereocenters. The molecule has 4 aliphatic rings. The van der Waals surface area contributed by atoms with Crippen LogP contribution in [0.25, 0.3) is 0 Å². The zero-order chi connectivity index (χ0) is 14.1. The van der Waals surface area contributed by atoms with Crippen molar-refractivity contribution >= 4 is 17.6 Å². The Morgan fingerprint density at radius 1 is 0.950 bits per heavy atom. The number of aromatic carboxylic acids is 1. The molecule has 0 radical (unpaired) electrons. The van der Waals surface area contributed by atoms with Gasteiger partial charge in [0.25, 0.3) is 0 Å². The maximum Gasteiger partial charge on any atom is 0.335 e. The molecule has 0 spiro atoms. The Morgan fingerprint density at radius 2 is 1.45 bits per heavy atom. The standard InChI is InChI=1S/C10H15Cl.C7H6O2/c11-10-8-2-6-1-7(4-8)5-9(10)3-6;8-7(9)6-4-2-1-3-5-6/h6-10H,1-5H2;1-5H,(H,8,9). The number of alkyl halides is 1. The summed E-state index contributed by atoms with van der Waals surface area (Å²) in [4.78, 5) is 10.2. The molecule has 3 heteroatoms. The normalized spacial score (nSPS) is 37.1. The van der Waals surface area contributed by atoms with Gasteiger partial charge in [0.05, 0.1) is 5.56 Å². The van der Waals surface area contributed by atoms with Gasteiger partial charge in [-0.25, -0.2) is 4.79 Å². The molecule has 0 aliphatic heterocycles. The highest BCUT2D eigenvalue weighted by Crippen LogP contribution is 2.55. The second kappa shape index (κ2) is 5.77. The summed E-state index contributed by atoms with van der Waals surface area (Å²) in [6.07, 6.45) is 7.38. The Bertz CT molecular complexity index is 443. The molecule has 0 saturated heterocycles. The second-order valence-electron chi connectivity index (χ2n) is 6.55. The van der Waals surface area contributed by atoms with E-state index >= 15 is 0 Å². The predicted molar refractivity (Wildman–Crippen MR) is 80.1 cm³/mol. The SMILES string of the molecule is ClC1C2CC3CC(C2)CC1C3.O=C(O)c1ccccc1. The molecule has 0 atom stereocenters. The molecule has 4 aliphatic carbocycles. The number of hydrogen-bond donors (Lipinski definition) is 1. The van der Waals surface area contributed by atoms with Crippen LogP contribution in [0, 0.1) is 23.7 Å².